The number of aliphatic carboxylic acids is 1. The summed E-state index contributed by atoms with van der Waals surface area (Å²) < 4.78 is 1.69. The van der Waals surface area contributed by atoms with Crippen LogP contribution in [0.15, 0.2) is 36.7 Å². The van der Waals surface area contributed by atoms with Crippen LogP contribution in [0.2, 0.25) is 0 Å². The number of carbonyl (C=O) groups is 1. The van der Waals surface area contributed by atoms with Gasteiger partial charge in [-0.2, -0.15) is 0 Å². The van der Waals surface area contributed by atoms with Crippen LogP contribution in [0.1, 0.15) is 23.9 Å². The maximum Gasteiger partial charge on any atom is 0.334 e. The van der Waals surface area contributed by atoms with E-state index in [2.05, 4.69) is 4.98 Å². The third-order valence-corrected chi connectivity index (χ3v) is 3.39. The smallest absolute Gasteiger partial charge is 0.334 e. The summed E-state index contributed by atoms with van der Waals surface area (Å²) in [5.74, 6) is -0.207. The van der Waals surface area contributed by atoms with Gasteiger partial charge in [-0.3, -0.25) is 0 Å². The number of benzene rings is 1. The summed E-state index contributed by atoms with van der Waals surface area (Å²) in [7, 11) is 0. The zero-order chi connectivity index (χ0) is 13.3. The van der Waals surface area contributed by atoms with Gasteiger partial charge in [0.25, 0.3) is 0 Å². The normalized spacial score (nSPS) is 14.2. The molecule has 94 valence electrons. The SMILES string of the molecule is Cc1ccccc1C(C)(C(=O)O)n1ccnc1C. The van der Waals surface area contributed by atoms with E-state index in [0.717, 1.165) is 11.1 Å². The number of nitrogens with zero attached hydrogens (tertiary/aromatic N) is 2. The Balaban J connectivity index is 2.70. The molecule has 0 saturated heterocycles. The highest BCUT2D eigenvalue weighted by molar-refractivity contribution is 5.81. The first-order chi connectivity index (χ1) is 8.48. The summed E-state index contributed by atoms with van der Waals surface area (Å²) in [5.41, 5.74) is 0.598. The van der Waals surface area contributed by atoms with Crippen LogP contribution in [-0.4, -0.2) is 20.6 Å². The Morgan fingerprint density at radius 2 is 2.00 bits per heavy atom. The number of aromatic nitrogens is 2. The molecular formula is C14H16N2O2. The van der Waals surface area contributed by atoms with Crippen molar-refractivity contribution in [1.29, 1.82) is 0 Å². The van der Waals surface area contributed by atoms with Crippen LogP contribution in [0.3, 0.4) is 0 Å². The number of hydrogen-bond acceptors (Lipinski definition) is 2. The largest absolute Gasteiger partial charge is 0.479 e. The van der Waals surface area contributed by atoms with Crippen molar-refractivity contribution >= 4 is 5.97 Å². The van der Waals surface area contributed by atoms with Crippen LogP contribution in [0.4, 0.5) is 0 Å². The quantitative estimate of drug-likeness (QED) is 0.901. The van der Waals surface area contributed by atoms with E-state index >= 15 is 0 Å². The van der Waals surface area contributed by atoms with Crippen LogP contribution in [0.25, 0.3) is 0 Å². The molecule has 0 aliphatic rings. The molecule has 1 atom stereocenters. The fraction of sp³-hybridized carbons (Fsp3) is 0.286. The van der Waals surface area contributed by atoms with Gasteiger partial charge in [0.2, 0.25) is 0 Å². The van der Waals surface area contributed by atoms with E-state index in [4.69, 9.17) is 0 Å². The summed E-state index contributed by atoms with van der Waals surface area (Å²) in [5, 5.41) is 9.66. The van der Waals surface area contributed by atoms with Gasteiger partial charge >= 0.3 is 5.97 Å². The molecule has 18 heavy (non-hydrogen) atoms. The Morgan fingerprint density at radius 1 is 1.33 bits per heavy atom. The molecule has 4 nitrogen and oxygen atoms in total. The molecule has 4 heteroatoms. The maximum atomic E-state index is 11.8. The number of aryl methyl sites for hydroxylation is 2. The molecule has 1 N–H and O–H groups in total. The minimum atomic E-state index is -1.13. The van der Waals surface area contributed by atoms with E-state index in [1.807, 2.05) is 31.2 Å². The van der Waals surface area contributed by atoms with Gasteiger partial charge in [0.1, 0.15) is 5.82 Å². The van der Waals surface area contributed by atoms with Crippen molar-refractivity contribution in [2.24, 2.45) is 0 Å². The molecule has 1 aromatic carbocycles. The second kappa shape index (κ2) is 4.29. The second-order valence-corrected chi connectivity index (χ2v) is 4.54. The number of carboxylic acids is 1. The lowest BCUT2D eigenvalue weighted by molar-refractivity contribution is -0.144. The van der Waals surface area contributed by atoms with Gasteiger partial charge in [-0.1, -0.05) is 24.3 Å². The maximum absolute atomic E-state index is 11.8. The Kier molecular flexibility index (Phi) is 2.95. The van der Waals surface area contributed by atoms with E-state index in [1.165, 1.54) is 0 Å². The van der Waals surface area contributed by atoms with Crippen LogP contribution in [0, 0.1) is 13.8 Å². The van der Waals surface area contributed by atoms with Crippen molar-refractivity contribution < 1.29 is 9.90 Å². The molecule has 1 unspecified atom stereocenters. The van der Waals surface area contributed by atoms with Crippen LogP contribution < -0.4 is 0 Å². The van der Waals surface area contributed by atoms with Crippen molar-refractivity contribution in [3.63, 3.8) is 0 Å². The summed E-state index contributed by atoms with van der Waals surface area (Å²) in [6.45, 7) is 5.43. The molecule has 0 fully saturated rings. The van der Waals surface area contributed by atoms with E-state index in [9.17, 15) is 9.90 Å². The standard InChI is InChI=1S/C14H16N2O2/c1-10-6-4-5-7-12(10)14(3,13(17)18)16-9-8-15-11(16)2/h4-9H,1-3H3,(H,17,18). The lowest BCUT2D eigenvalue weighted by Crippen LogP contribution is -2.41. The predicted molar refractivity (Wildman–Crippen MR) is 68.5 cm³/mol. The van der Waals surface area contributed by atoms with Gasteiger partial charge in [0.15, 0.2) is 5.54 Å². The van der Waals surface area contributed by atoms with Crippen molar-refractivity contribution in [3.8, 4) is 0 Å². The number of rotatable bonds is 3. The van der Waals surface area contributed by atoms with Crippen LogP contribution >= 0.6 is 0 Å². The average molecular weight is 244 g/mol. The van der Waals surface area contributed by atoms with E-state index in [-0.39, 0.29) is 0 Å². The topological polar surface area (TPSA) is 55.1 Å². The summed E-state index contributed by atoms with van der Waals surface area (Å²) >= 11 is 0. The highest BCUT2D eigenvalue weighted by Gasteiger charge is 2.38. The summed E-state index contributed by atoms with van der Waals surface area (Å²) in [6.07, 6.45) is 3.32. The number of imidazole rings is 1. The molecule has 1 heterocycles. The molecule has 0 spiro atoms. The number of hydrogen-bond donors (Lipinski definition) is 1. The summed E-state index contributed by atoms with van der Waals surface area (Å²) in [4.78, 5) is 15.9. The predicted octanol–water partition coefficient (Wildman–Crippen LogP) is 2.35. The van der Waals surface area contributed by atoms with Crippen LogP contribution in [-0.2, 0) is 10.3 Å². The third-order valence-electron chi connectivity index (χ3n) is 3.39. The molecule has 0 bridgehead atoms. The molecule has 2 aromatic rings. The fourth-order valence-corrected chi connectivity index (χ4v) is 2.32. The van der Waals surface area contributed by atoms with Gasteiger partial charge < -0.3 is 9.67 Å². The van der Waals surface area contributed by atoms with Gasteiger partial charge in [0, 0.05) is 12.4 Å². The molecule has 2 rings (SSSR count). The second-order valence-electron chi connectivity index (χ2n) is 4.54. The molecule has 0 aliphatic heterocycles. The van der Waals surface area contributed by atoms with Gasteiger partial charge in [-0.15, -0.1) is 0 Å². The van der Waals surface area contributed by atoms with E-state index in [0.29, 0.717) is 5.82 Å². The number of carboxylic acid groups (broad SMARTS) is 1. The van der Waals surface area contributed by atoms with Gasteiger partial charge in [-0.25, -0.2) is 9.78 Å². The highest BCUT2D eigenvalue weighted by Crippen LogP contribution is 2.30. The van der Waals surface area contributed by atoms with Crippen molar-refractivity contribution in [2.75, 3.05) is 0 Å². The molecule has 0 radical (unpaired) electrons. The highest BCUT2D eigenvalue weighted by atomic mass is 16.4. The van der Waals surface area contributed by atoms with Gasteiger partial charge in [-0.05, 0) is 31.9 Å². The molecule has 0 aliphatic carbocycles. The first-order valence-corrected chi connectivity index (χ1v) is 5.78. The first kappa shape index (κ1) is 12.4. The average Bonchev–Trinajstić information content (AvgIpc) is 2.75. The summed E-state index contributed by atoms with van der Waals surface area (Å²) in [6, 6.07) is 7.53. The molecule has 0 saturated carbocycles. The third kappa shape index (κ3) is 1.70. The zero-order valence-corrected chi connectivity index (χ0v) is 10.7. The van der Waals surface area contributed by atoms with Crippen molar-refractivity contribution in [2.45, 2.75) is 26.3 Å². The molecule has 1 aromatic heterocycles. The Hall–Kier alpha value is -2.10. The monoisotopic (exact) mass is 244 g/mol. The van der Waals surface area contributed by atoms with Crippen molar-refractivity contribution in [3.05, 3.63) is 53.6 Å². The van der Waals surface area contributed by atoms with E-state index < -0.39 is 11.5 Å². The van der Waals surface area contributed by atoms with Crippen molar-refractivity contribution in [1.82, 2.24) is 9.55 Å². The van der Waals surface area contributed by atoms with Crippen LogP contribution in [0.5, 0.6) is 0 Å². The Bertz CT molecular complexity index is 589. The minimum absolute atomic E-state index is 0.683. The van der Waals surface area contributed by atoms with E-state index in [1.54, 1.807) is 30.8 Å². The Morgan fingerprint density at radius 3 is 2.50 bits per heavy atom. The molecule has 0 amide bonds. The first-order valence-electron chi connectivity index (χ1n) is 5.78. The van der Waals surface area contributed by atoms with Gasteiger partial charge in [0.05, 0.1) is 0 Å². The lowest BCUT2D eigenvalue weighted by Gasteiger charge is -2.29. The Labute approximate surface area is 106 Å². The molecular weight excluding hydrogens is 228 g/mol. The fourth-order valence-electron chi connectivity index (χ4n) is 2.32. The lowest BCUT2D eigenvalue weighted by atomic mass is 9.88. The zero-order valence-electron chi connectivity index (χ0n) is 10.7. The minimum Gasteiger partial charge on any atom is -0.479 e.